The predicted octanol–water partition coefficient (Wildman–Crippen LogP) is 3.00. The number of hydrogen-bond acceptors (Lipinski definition) is 2. The molecule has 1 fully saturated rings. The van der Waals surface area contributed by atoms with Crippen molar-refractivity contribution >= 4 is 21.6 Å². The van der Waals surface area contributed by atoms with Gasteiger partial charge in [0.05, 0.1) is 0 Å². The van der Waals surface area contributed by atoms with Gasteiger partial charge in [-0.05, 0) is 60.4 Å². The Morgan fingerprint density at radius 2 is 2.07 bits per heavy atom. The summed E-state index contributed by atoms with van der Waals surface area (Å²) in [7, 11) is 0. The van der Waals surface area contributed by atoms with Crippen LogP contribution in [0.4, 0.5) is 5.69 Å². The van der Waals surface area contributed by atoms with E-state index in [0.717, 1.165) is 17.6 Å². The number of halogens is 1. The molecule has 82 valence electrons. The van der Waals surface area contributed by atoms with E-state index in [4.69, 9.17) is 0 Å². The molecule has 0 aromatic heterocycles. The maximum absolute atomic E-state index is 3.60. The summed E-state index contributed by atoms with van der Waals surface area (Å²) in [5.74, 6) is 0. The summed E-state index contributed by atoms with van der Waals surface area (Å²) in [6.45, 7) is 2.29. The summed E-state index contributed by atoms with van der Waals surface area (Å²) in [6.07, 6.45) is 3.73. The summed E-state index contributed by atoms with van der Waals surface area (Å²) in [4.78, 5) is 0. The Kier molecular flexibility index (Phi) is 4.03. The second kappa shape index (κ2) is 5.52. The molecule has 1 saturated heterocycles. The minimum atomic E-state index is 0.610. The fourth-order valence-corrected chi connectivity index (χ4v) is 2.36. The lowest BCUT2D eigenvalue weighted by Crippen LogP contribution is -2.21. The molecule has 1 aliphatic rings. The molecule has 1 aromatic rings. The molecule has 0 spiro atoms. The fourth-order valence-electron chi connectivity index (χ4n) is 1.96. The van der Waals surface area contributed by atoms with Gasteiger partial charge >= 0.3 is 0 Å². The molecule has 3 heteroatoms. The highest BCUT2D eigenvalue weighted by molar-refractivity contribution is 9.10. The van der Waals surface area contributed by atoms with Crippen LogP contribution < -0.4 is 10.6 Å². The SMILES string of the molecule is Brc1ccccc1NC1CCCNCC1. The van der Waals surface area contributed by atoms with Crippen LogP contribution in [-0.4, -0.2) is 19.1 Å². The number of benzene rings is 1. The third kappa shape index (κ3) is 3.21. The number of para-hydroxylation sites is 1. The highest BCUT2D eigenvalue weighted by Crippen LogP contribution is 2.23. The van der Waals surface area contributed by atoms with Crippen LogP contribution in [0.5, 0.6) is 0 Å². The van der Waals surface area contributed by atoms with Gasteiger partial charge in [-0.25, -0.2) is 0 Å². The molecule has 2 N–H and O–H groups in total. The van der Waals surface area contributed by atoms with Crippen LogP contribution in [0.15, 0.2) is 28.7 Å². The van der Waals surface area contributed by atoms with Gasteiger partial charge in [0, 0.05) is 16.2 Å². The van der Waals surface area contributed by atoms with E-state index in [9.17, 15) is 0 Å². The van der Waals surface area contributed by atoms with Gasteiger partial charge in [-0.1, -0.05) is 12.1 Å². The van der Waals surface area contributed by atoms with Crippen molar-refractivity contribution in [2.24, 2.45) is 0 Å². The average molecular weight is 269 g/mol. The Bertz CT molecular complexity index is 306. The third-order valence-electron chi connectivity index (χ3n) is 2.81. The molecule has 1 aliphatic heterocycles. The first-order chi connectivity index (χ1) is 7.36. The lowest BCUT2D eigenvalue weighted by atomic mass is 10.1. The standard InChI is InChI=1S/C12H17BrN2/c13-11-5-1-2-6-12(11)15-10-4-3-8-14-9-7-10/h1-2,5-6,10,14-15H,3-4,7-9H2. The van der Waals surface area contributed by atoms with E-state index >= 15 is 0 Å². The van der Waals surface area contributed by atoms with Gasteiger partial charge in [0.2, 0.25) is 0 Å². The Morgan fingerprint density at radius 1 is 1.20 bits per heavy atom. The molecule has 1 aromatic carbocycles. The van der Waals surface area contributed by atoms with Crippen molar-refractivity contribution in [2.75, 3.05) is 18.4 Å². The number of hydrogen-bond donors (Lipinski definition) is 2. The van der Waals surface area contributed by atoms with Crippen molar-refractivity contribution in [2.45, 2.75) is 25.3 Å². The van der Waals surface area contributed by atoms with Gasteiger partial charge in [-0.2, -0.15) is 0 Å². The number of nitrogens with one attached hydrogen (secondary N) is 2. The molecule has 2 rings (SSSR count). The van der Waals surface area contributed by atoms with Crippen LogP contribution in [0.25, 0.3) is 0 Å². The summed E-state index contributed by atoms with van der Waals surface area (Å²) in [5.41, 5.74) is 1.21. The minimum Gasteiger partial charge on any atom is -0.381 e. The molecule has 1 atom stereocenters. The zero-order chi connectivity index (χ0) is 10.5. The van der Waals surface area contributed by atoms with Crippen LogP contribution in [0.2, 0.25) is 0 Å². The van der Waals surface area contributed by atoms with Gasteiger partial charge in [-0.15, -0.1) is 0 Å². The van der Waals surface area contributed by atoms with Crippen molar-refractivity contribution in [1.29, 1.82) is 0 Å². The Balaban J connectivity index is 1.98. The molecule has 2 nitrogen and oxygen atoms in total. The highest BCUT2D eigenvalue weighted by atomic mass is 79.9. The lowest BCUT2D eigenvalue weighted by molar-refractivity contribution is 0.637. The number of rotatable bonds is 2. The third-order valence-corrected chi connectivity index (χ3v) is 3.50. The van der Waals surface area contributed by atoms with E-state index < -0.39 is 0 Å². The quantitative estimate of drug-likeness (QED) is 0.862. The van der Waals surface area contributed by atoms with Crippen LogP contribution >= 0.6 is 15.9 Å². The molecular weight excluding hydrogens is 252 g/mol. The maximum atomic E-state index is 3.60. The molecule has 15 heavy (non-hydrogen) atoms. The van der Waals surface area contributed by atoms with Gasteiger partial charge in [0.1, 0.15) is 0 Å². The minimum absolute atomic E-state index is 0.610. The van der Waals surface area contributed by atoms with Crippen LogP contribution in [-0.2, 0) is 0 Å². The molecular formula is C12H17BrN2. The Labute approximate surface area is 99.6 Å². The summed E-state index contributed by atoms with van der Waals surface area (Å²) in [5, 5.41) is 7.03. The maximum Gasteiger partial charge on any atom is 0.0486 e. The van der Waals surface area contributed by atoms with Gasteiger partial charge in [0.15, 0.2) is 0 Å². The number of anilines is 1. The molecule has 0 radical (unpaired) electrons. The summed E-state index contributed by atoms with van der Waals surface area (Å²) < 4.78 is 1.15. The van der Waals surface area contributed by atoms with E-state index in [2.05, 4.69) is 44.8 Å². The highest BCUT2D eigenvalue weighted by Gasteiger charge is 2.12. The summed E-state index contributed by atoms with van der Waals surface area (Å²) in [6, 6.07) is 8.93. The van der Waals surface area contributed by atoms with Crippen molar-refractivity contribution in [3.8, 4) is 0 Å². The molecule has 0 amide bonds. The molecule has 1 unspecified atom stereocenters. The lowest BCUT2D eigenvalue weighted by Gasteiger charge is -2.18. The van der Waals surface area contributed by atoms with E-state index in [1.165, 1.54) is 24.9 Å². The first-order valence-electron chi connectivity index (χ1n) is 5.58. The van der Waals surface area contributed by atoms with Crippen LogP contribution in [0.3, 0.4) is 0 Å². The van der Waals surface area contributed by atoms with Crippen LogP contribution in [0, 0.1) is 0 Å². The normalized spacial score (nSPS) is 22.1. The second-order valence-electron chi connectivity index (χ2n) is 4.00. The monoisotopic (exact) mass is 268 g/mol. The second-order valence-corrected chi connectivity index (χ2v) is 4.86. The van der Waals surface area contributed by atoms with Crippen molar-refractivity contribution in [3.05, 3.63) is 28.7 Å². The first kappa shape index (κ1) is 11.0. The smallest absolute Gasteiger partial charge is 0.0486 e. The first-order valence-corrected chi connectivity index (χ1v) is 6.37. The van der Waals surface area contributed by atoms with Crippen molar-refractivity contribution in [1.82, 2.24) is 5.32 Å². The molecule has 0 aliphatic carbocycles. The largest absolute Gasteiger partial charge is 0.381 e. The van der Waals surface area contributed by atoms with Gasteiger partial charge in [0.25, 0.3) is 0 Å². The Morgan fingerprint density at radius 3 is 2.93 bits per heavy atom. The van der Waals surface area contributed by atoms with Gasteiger partial charge < -0.3 is 10.6 Å². The topological polar surface area (TPSA) is 24.1 Å². The zero-order valence-corrected chi connectivity index (χ0v) is 10.4. The van der Waals surface area contributed by atoms with Crippen LogP contribution in [0.1, 0.15) is 19.3 Å². The zero-order valence-electron chi connectivity index (χ0n) is 8.80. The predicted molar refractivity (Wildman–Crippen MR) is 68.3 cm³/mol. The van der Waals surface area contributed by atoms with E-state index in [0.29, 0.717) is 6.04 Å². The Hall–Kier alpha value is -0.540. The van der Waals surface area contributed by atoms with E-state index in [1.54, 1.807) is 0 Å². The van der Waals surface area contributed by atoms with E-state index in [1.807, 2.05) is 6.07 Å². The summed E-state index contributed by atoms with van der Waals surface area (Å²) >= 11 is 3.56. The van der Waals surface area contributed by atoms with Gasteiger partial charge in [-0.3, -0.25) is 0 Å². The van der Waals surface area contributed by atoms with Crippen molar-refractivity contribution in [3.63, 3.8) is 0 Å². The molecule has 0 bridgehead atoms. The molecule has 0 saturated carbocycles. The average Bonchev–Trinajstić information content (AvgIpc) is 2.50. The van der Waals surface area contributed by atoms with E-state index in [-0.39, 0.29) is 0 Å². The van der Waals surface area contributed by atoms with Crippen molar-refractivity contribution < 1.29 is 0 Å². The fraction of sp³-hybridized carbons (Fsp3) is 0.500. The molecule has 1 heterocycles.